The van der Waals surface area contributed by atoms with Crippen LogP contribution < -0.4 is 4.90 Å². The van der Waals surface area contributed by atoms with Gasteiger partial charge in [0.1, 0.15) is 23.6 Å². The van der Waals surface area contributed by atoms with E-state index in [4.69, 9.17) is 4.52 Å². The highest BCUT2D eigenvalue weighted by atomic mass is 19.1. The third-order valence-corrected chi connectivity index (χ3v) is 6.60. The maximum atomic E-state index is 15.4. The molecular formula is C23H20F2N4O2. The van der Waals surface area contributed by atoms with Crippen molar-refractivity contribution in [3.05, 3.63) is 65.8 Å². The van der Waals surface area contributed by atoms with E-state index in [0.717, 1.165) is 23.9 Å². The Morgan fingerprint density at radius 1 is 1.16 bits per heavy atom. The number of halogens is 2. The van der Waals surface area contributed by atoms with E-state index in [1.807, 2.05) is 18.2 Å². The summed E-state index contributed by atoms with van der Waals surface area (Å²) < 4.78 is 35.8. The average Bonchev–Trinajstić information content (AvgIpc) is 3.27. The predicted octanol–water partition coefficient (Wildman–Crippen LogP) is 4.71. The van der Waals surface area contributed by atoms with Gasteiger partial charge in [0.25, 0.3) is 0 Å². The predicted molar refractivity (Wildman–Crippen MR) is 110 cm³/mol. The minimum Gasteiger partial charge on any atom is -0.373 e. The van der Waals surface area contributed by atoms with Crippen LogP contribution in [0.3, 0.4) is 0 Å². The topological polar surface area (TPSA) is 78.2 Å². The molecule has 2 aromatic carbocycles. The summed E-state index contributed by atoms with van der Waals surface area (Å²) in [6, 6.07) is 7.58. The highest BCUT2D eigenvalue weighted by molar-refractivity contribution is 5.79. The van der Waals surface area contributed by atoms with Gasteiger partial charge < -0.3 is 19.5 Å². The third kappa shape index (κ3) is 2.78. The molecule has 4 aromatic rings. The number of imidazole rings is 1. The zero-order valence-electron chi connectivity index (χ0n) is 16.7. The number of hydrogen-bond donors (Lipinski definition) is 2. The summed E-state index contributed by atoms with van der Waals surface area (Å²) in [4.78, 5) is 8.96. The second-order valence-corrected chi connectivity index (χ2v) is 8.43. The van der Waals surface area contributed by atoms with E-state index in [2.05, 4.69) is 15.1 Å². The van der Waals surface area contributed by atoms with Crippen molar-refractivity contribution in [3.8, 4) is 11.1 Å². The molecular weight excluding hydrogens is 402 g/mol. The summed E-state index contributed by atoms with van der Waals surface area (Å²) in [6.45, 7) is 1.70. The van der Waals surface area contributed by atoms with Crippen LogP contribution in [0.2, 0.25) is 0 Å². The van der Waals surface area contributed by atoms with E-state index in [9.17, 15) is 5.11 Å². The molecule has 1 saturated carbocycles. The third-order valence-electron chi connectivity index (χ3n) is 6.60. The van der Waals surface area contributed by atoms with Crippen LogP contribution in [0.1, 0.15) is 30.2 Å². The van der Waals surface area contributed by atoms with Crippen LogP contribution in [0.25, 0.3) is 22.2 Å². The highest BCUT2D eigenvalue weighted by Gasteiger charge is 2.56. The lowest BCUT2D eigenvalue weighted by Crippen LogP contribution is -2.60. The first-order valence-corrected chi connectivity index (χ1v) is 10.3. The summed E-state index contributed by atoms with van der Waals surface area (Å²) in [6.07, 6.45) is 4.18. The van der Waals surface area contributed by atoms with Gasteiger partial charge in [-0.05, 0) is 61.6 Å². The molecule has 1 aliphatic heterocycles. The molecule has 8 heteroatoms. The van der Waals surface area contributed by atoms with Crippen molar-refractivity contribution in [1.29, 1.82) is 0 Å². The van der Waals surface area contributed by atoms with Crippen LogP contribution in [0, 0.1) is 30.4 Å². The Bertz CT molecular complexity index is 1270. The molecule has 0 amide bonds. The molecule has 1 unspecified atom stereocenters. The number of nitrogens with zero attached hydrogens (tertiary/aromatic N) is 3. The molecule has 1 aliphatic carbocycles. The number of aliphatic hydroxyl groups excluding tert-OH is 1. The standard InChI is InChI=1S/C23H20F2N4O2/c1-11-15(9-28-31-11)13-6-16(24)21(17(25)7-13)22-20(12-2-3-12)23(30)29(22)14-4-5-18-19(8-14)27-10-26-18/h4-10,12,20,22-23,30H,2-3H2,1H3,(H,26,27)/t20-,22-,23?/m1/s1. The Morgan fingerprint density at radius 2 is 1.94 bits per heavy atom. The normalized spacial score (nSPS) is 23.4. The largest absolute Gasteiger partial charge is 0.373 e. The fraction of sp³-hybridized carbons (Fsp3) is 0.304. The number of aryl methyl sites for hydroxylation is 1. The Morgan fingerprint density at radius 3 is 2.61 bits per heavy atom. The molecule has 158 valence electrons. The second-order valence-electron chi connectivity index (χ2n) is 8.43. The molecule has 3 heterocycles. The fourth-order valence-electron chi connectivity index (χ4n) is 4.91. The van der Waals surface area contributed by atoms with Gasteiger partial charge in [0.2, 0.25) is 0 Å². The number of benzene rings is 2. The van der Waals surface area contributed by atoms with Crippen molar-refractivity contribution in [1.82, 2.24) is 15.1 Å². The highest BCUT2D eigenvalue weighted by Crippen LogP contribution is 2.57. The number of aliphatic hydroxyl groups is 1. The number of nitrogens with one attached hydrogen (secondary N) is 1. The smallest absolute Gasteiger partial charge is 0.141 e. The lowest BCUT2D eigenvalue weighted by Gasteiger charge is -2.54. The fourth-order valence-corrected chi connectivity index (χ4v) is 4.91. The second kappa shape index (κ2) is 6.62. The number of aromatic nitrogens is 3. The molecule has 1 saturated heterocycles. The van der Waals surface area contributed by atoms with Crippen LogP contribution in [-0.2, 0) is 0 Å². The first kappa shape index (κ1) is 18.5. The number of hydrogen-bond acceptors (Lipinski definition) is 5. The van der Waals surface area contributed by atoms with Crippen molar-refractivity contribution in [2.75, 3.05) is 4.90 Å². The Hall–Kier alpha value is -3.26. The summed E-state index contributed by atoms with van der Waals surface area (Å²) >= 11 is 0. The maximum absolute atomic E-state index is 15.4. The number of aromatic amines is 1. The van der Waals surface area contributed by atoms with Gasteiger partial charge in [0.05, 0.1) is 29.6 Å². The van der Waals surface area contributed by atoms with Crippen molar-refractivity contribution in [2.45, 2.75) is 32.0 Å². The number of H-pyrrole nitrogens is 1. The molecule has 2 fully saturated rings. The molecule has 6 nitrogen and oxygen atoms in total. The number of anilines is 1. The lowest BCUT2D eigenvalue weighted by atomic mass is 9.77. The summed E-state index contributed by atoms with van der Waals surface area (Å²) in [5.41, 5.74) is 3.22. The van der Waals surface area contributed by atoms with Gasteiger partial charge in [-0.15, -0.1) is 0 Å². The zero-order valence-corrected chi connectivity index (χ0v) is 16.7. The van der Waals surface area contributed by atoms with Crippen molar-refractivity contribution >= 4 is 16.7 Å². The van der Waals surface area contributed by atoms with Crippen LogP contribution in [0.5, 0.6) is 0 Å². The summed E-state index contributed by atoms with van der Waals surface area (Å²) in [7, 11) is 0. The van der Waals surface area contributed by atoms with Crippen molar-refractivity contribution in [2.24, 2.45) is 11.8 Å². The quantitative estimate of drug-likeness (QED) is 0.498. The maximum Gasteiger partial charge on any atom is 0.141 e. The van der Waals surface area contributed by atoms with Gasteiger partial charge in [-0.25, -0.2) is 13.8 Å². The zero-order chi connectivity index (χ0) is 21.3. The van der Waals surface area contributed by atoms with E-state index < -0.39 is 23.9 Å². The van der Waals surface area contributed by atoms with E-state index in [0.29, 0.717) is 22.6 Å². The Labute approximate surface area is 176 Å². The van der Waals surface area contributed by atoms with E-state index >= 15 is 8.78 Å². The monoisotopic (exact) mass is 422 g/mol. The van der Waals surface area contributed by atoms with Crippen LogP contribution in [0.15, 0.2) is 47.4 Å². The van der Waals surface area contributed by atoms with Crippen LogP contribution >= 0.6 is 0 Å². The van der Waals surface area contributed by atoms with Gasteiger partial charge in [-0.1, -0.05) is 5.16 Å². The summed E-state index contributed by atoms with van der Waals surface area (Å²) in [5.74, 6) is -0.719. The van der Waals surface area contributed by atoms with Gasteiger partial charge in [0, 0.05) is 22.7 Å². The van der Waals surface area contributed by atoms with E-state index in [1.54, 1.807) is 18.2 Å². The lowest BCUT2D eigenvalue weighted by molar-refractivity contribution is -0.00916. The number of fused-ring (bicyclic) bond motifs is 1. The average molecular weight is 422 g/mol. The van der Waals surface area contributed by atoms with Crippen LogP contribution in [0.4, 0.5) is 14.5 Å². The Kier molecular flexibility index (Phi) is 3.95. The number of rotatable bonds is 4. The minimum atomic E-state index is -0.795. The van der Waals surface area contributed by atoms with E-state index in [-0.39, 0.29) is 17.4 Å². The molecule has 0 bridgehead atoms. The molecule has 2 aliphatic rings. The molecule has 0 spiro atoms. The molecule has 31 heavy (non-hydrogen) atoms. The molecule has 2 N–H and O–H groups in total. The molecule has 6 rings (SSSR count). The van der Waals surface area contributed by atoms with Gasteiger partial charge >= 0.3 is 0 Å². The Balaban J connectivity index is 1.45. The summed E-state index contributed by atoms with van der Waals surface area (Å²) in [5, 5.41) is 14.6. The molecule has 2 aromatic heterocycles. The van der Waals surface area contributed by atoms with Gasteiger partial charge in [-0.3, -0.25) is 0 Å². The van der Waals surface area contributed by atoms with Gasteiger partial charge in [-0.2, -0.15) is 0 Å². The van der Waals surface area contributed by atoms with Crippen LogP contribution in [-0.4, -0.2) is 26.5 Å². The first-order valence-electron chi connectivity index (χ1n) is 10.3. The minimum absolute atomic E-state index is 0.00948. The van der Waals surface area contributed by atoms with E-state index in [1.165, 1.54) is 18.3 Å². The van der Waals surface area contributed by atoms with Gasteiger partial charge in [0.15, 0.2) is 0 Å². The molecule has 3 atom stereocenters. The SMILES string of the molecule is Cc1oncc1-c1cc(F)c([C@H]2[C@@H](C3CC3)C(O)N2c2ccc3nc[nH]c3c2)c(F)c1. The first-order chi connectivity index (χ1) is 15.0. The van der Waals surface area contributed by atoms with Crippen molar-refractivity contribution < 1.29 is 18.4 Å². The van der Waals surface area contributed by atoms with Crippen molar-refractivity contribution in [3.63, 3.8) is 0 Å². The molecule has 0 radical (unpaired) electrons.